The third-order valence-electron chi connectivity index (χ3n) is 7.81. The van der Waals surface area contributed by atoms with Crippen molar-refractivity contribution in [3.05, 3.63) is 107 Å². The van der Waals surface area contributed by atoms with Gasteiger partial charge >= 0.3 is 0 Å². The fourth-order valence-corrected chi connectivity index (χ4v) is 7.05. The first-order valence-corrected chi connectivity index (χ1v) is 16.5. The maximum absolute atomic E-state index is 15.3. The second kappa shape index (κ2) is 12.7. The Bertz CT molecular complexity index is 1910. The molecule has 3 aromatic carbocycles. The third-order valence-corrected chi connectivity index (χ3v) is 9.31. The normalized spacial score (nSPS) is 15.3. The molecule has 2 aromatic heterocycles. The summed E-state index contributed by atoms with van der Waals surface area (Å²) in [6, 6.07) is 19.5. The van der Waals surface area contributed by atoms with Gasteiger partial charge in [0.2, 0.25) is 11.8 Å². The Kier molecular flexibility index (Phi) is 8.54. The Balaban J connectivity index is 1.32. The van der Waals surface area contributed by atoms with Crippen LogP contribution in [-0.4, -0.2) is 42.5 Å². The van der Waals surface area contributed by atoms with E-state index in [1.54, 1.807) is 48.8 Å². The molecule has 10 heteroatoms. The Morgan fingerprint density at radius 1 is 0.955 bits per heavy atom. The number of ether oxygens (including phenoxy) is 1. The molecule has 0 aliphatic carbocycles. The minimum absolute atomic E-state index is 0.115. The molecule has 44 heavy (non-hydrogen) atoms. The summed E-state index contributed by atoms with van der Waals surface area (Å²) in [5.74, 6) is 0.133. The van der Waals surface area contributed by atoms with Crippen molar-refractivity contribution in [2.45, 2.75) is 44.2 Å². The van der Waals surface area contributed by atoms with Crippen molar-refractivity contribution in [1.29, 1.82) is 0 Å². The number of hydrogen-bond acceptors (Lipinski definition) is 8. The molecule has 8 nitrogen and oxygen atoms in total. The van der Waals surface area contributed by atoms with Crippen molar-refractivity contribution in [2.24, 2.45) is 0 Å². The number of nitrogens with zero attached hydrogens (tertiary/aromatic N) is 3. The monoisotopic (exact) mass is 611 g/mol. The molecule has 1 atom stereocenters. The van der Waals surface area contributed by atoms with Gasteiger partial charge in [0.25, 0.3) is 0 Å². The van der Waals surface area contributed by atoms with Crippen LogP contribution in [0.15, 0.2) is 79.1 Å². The zero-order valence-corrected chi connectivity index (χ0v) is 25.5. The van der Waals surface area contributed by atoms with Crippen molar-refractivity contribution in [2.75, 3.05) is 18.4 Å². The zero-order valence-electron chi connectivity index (χ0n) is 24.7. The number of halogens is 1. The molecule has 1 fully saturated rings. The van der Waals surface area contributed by atoms with Crippen molar-refractivity contribution in [1.82, 2.24) is 20.3 Å². The molecule has 0 bridgehead atoms. The average Bonchev–Trinajstić information content (AvgIpc) is 3.02. The summed E-state index contributed by atoms with van der Waals surface area (Å²) in [5.41, 5.74) is 3.92. The van der Waals surface area contributed by atoms with Crippen molar-refractivity contribution < 1.29 is 17.5 Å². The van der Waals surface area contributed by atoms with Gasteiger partial charge in [-0.05, 0) is 80.1 Å². The molecule has 3 heterocycles. The van der Waals surface area contributed by atoms with E-state index < -0.39 is 21.4 Å². The Morgan fingerprint density at radius 2 is 1.77 bits per heavy atom. The van der Waals surface area contributed by atoms with E-state index in [4.69, 9.17) is 9.72 Å². The van der Waals surface area contributed by atoms with Crippen LogP contribution in [0.25, 0.3) is 22.0 Å². The highest BCUT2D eigenvalue weighted by atomic mass is 32.2. The lowest BCUT2D eigenvalue weighted by Crippen LogP contribution is -2.38. The summed E-state index contributed by atoms with van der Waals surface area (Å²) in [7, 11) is -3.67. The van der Waals surface area contributed by atoms with Crippen LogP contribution in [0.5, 0.6) is 11.6 Å². The smallest absolute Gasteiger partial charge is 0.228 e. The van der Waals surface area contributed by atoms with E-state index in [9.17, 15) is 8.42 Å². The number of anilines is 1. The van der Waals surface area contributed by atoms with Gasteiger partial charge in [-0.1, -0.05) is 42.0 Å². The predicted octanol–water partition coefficient (Wildman–Crippen LogP) is 6.52. The molecule has 2 N–H and O–H groups in total. The number of nitrogens with one attached hydrogen (secondary N) is 2. The zero-order chi connectivity index (χ0) is 30.7. The number of rotatable bonds is 9. The lowest BCUT2D eigenvalue weighted by Gasteiger charge is -2.23. The highest BCUT2D eigenvalue weighted by molar-refractivity contribution is 7.89. The Hall–Kier alpha value is -4.41. The Labute approximate surface area is 256 Å². The number of benzene rings is 3. The molecule has 1 saturated heterocycles. The lowest BCUT2D eigenvalue weighted by molar-refractivity contribution is 0.466. The van der Waals surface area contributed by atoms with Gasteiger partial charge in [-0.15, -0.1) is 0 Å². The molecule has 0 amide bonds. The van der Waals surface area contributed by atoms with Gasteiger partial charge in [0.1, 0.15) is 11.6 Å². The van der Waals surface area contributed by atoms with Gasteiger partial charge in [-0.2, -0.15) is 0 Å². The van der Waals surface area contributed by atoms with E-state index in [1.165, 1.54) is 6.07 Å². The first-order valence-electron chi connectivity index (χ1n) is 14.7. The van der Waals surface area contributed by atoms with Crippen LogP contribution in [0.2, 0.25) is 0 Å². The molecular formula is C34H34FN5O3S. The van der Waals surface area contributed by atoms with Gasteiger partial charge in [-0.3, -0.25) is 0 Å². The lowest BCUT2D eigenvalue weighted by atomic mass is 10.0. The largest absolute Gasteiger partial charge is 0.437 e. The maximum atomic E-state index is 15.3. The summed E-state index contributed by atoms with van der Waals surface area (Å²) < 4.78 is 48.1. The van der Waals surface area contributed by atoms with Gasteiger partial charge in [0.15, 0.2) is 9.84 Å². The number of hydrogen-bond donors (Lipinski definition) is 2. The third kappa shape index (κ3) is 6.71. The molecule has 0 spiro atoms. The van der Waals surface area contributed by atoms with Crippen molar-refractivity contribution in [3.8, 4) is 22.9 Å². The van der Waals surface area contributed by atoms with Gasteiger partial charge < -0.3 is 15.4 Å². The summed E-state index contributed by atoms with van der Waals surface area (Å²) in [4.78, 5) is 13.7. The molecule has 6 rings (SSSR count). The minimum Gasteiger partial charge on any atom is -0.437 e. The van der Waals surface area contributed by atoms with E-state index >= 15 is 4.39 Å². The fraction of sp³-hybridized carbons (Fsp3) is 0.265. The summed E-state index contributed by atoms with van der Waals surface area (Å²) in [5, 5.41) is 7.87. The van der Waals surface area contributed by atoms with E-state index in [2.05, 4.69) is 20.6 Å². The predicted molar refractivity (Wildman–Crippen MR) is 171 cm³/mol. The number of aryl methyl sites for hydroxylation is 2. The molecule has 5 aromatic rings. The quantitative estimate of drug-likeness (QED) is 0.194. The molecule has 0 unspecified atom stereocenters. The first-order chi connectivity index (χ1) is 21.3. The van der Waals surface area contributed by atoms with Crippen LogP contribution in [0.4, 0.5) is 10.3 Å². The number of sulfone groups is 1. The first kappa shape index (κ1) is 29.7. The van der Waals surface area contributed by atoms with Gasteiger partial charge in [0.05, 0.1) is 22.8 Å². The van der Waals surface area contributed by atoms with Crippen LogP contribution < -0.4 is 15.4 Å². The highest BCUT2D eigenvalue weighted by Crippen LogP contribution is 2.38. The van der Waals surface area contributed by atoms with E-state index in [1.807, 2.05) is 38.1 Å². The second-order valence-corrected chi connectivity index (χ2v) is 13.3. The van der Waals surface area contributed by atoms with E-state index in [0.29, 0.717) is 45.2 Å². The molecule has 226 valence electrons. The Morgan fingerprint density at radius 3 is 2.57 bits per heavy atom. The van der Waals surface area contributed by atoms with E-state index in [-0.39, 0.29) is 17.4 Å². The molecule has 0 radical (unpaired) electrons. The van der Waals surface area contributed by atoms with Crippen LogP contribution in [0.3, 0.4) is 0 Å². The molecule has 0 saturated carbocycles. The SMILES string of the molecule is Cc1ccc(CS(=O)(=O)Cc2c(F)ccc3c(Oc4ncccc4-c4ccnc(N[C@H]5CCCNC5)n4)c(C)ccc23)cc1. The van der Waals surface area contributed by atoms with Crippen LogP contribution in [0, 0.1) is 19.7 Å². The average molecular weight is 612 g/mol. The number of aromatic nitrogens is 3. The van der Waals surface area contributed by atoms with Gasteiger partial charge in [-0.25, -0.2) is 27.8 Å². The summed E-state index contributed by atoms with van der Waals surface area (Å²) in [6.45, 7) is 5.70. The fourth-order valence-electron chi connectivity index (χ4n) is 5.51. The molecule has 1 aliphatic heterocycles. The summed E-state index contributed by atoms with van der Waals surface area (Å²) >= 11 is 0. The number of piperidine rings is 1. The van der Waals surface area contributed by atoms with Crippen LogP contribution in [-0.2, 0) is 21.3 Å². The van der Waals surface area contributed by atoms with Gasteiger partial charge in [0, 0.05) is 35.9 Å². The summed E-state index contributed by atoms with van der Waals surface area (Å²) in [6.07, 6.45) is 5.47. The van der Waals surface area contributed by atoms with Crippen LogP contribution >= 0.6 is 0 Å². The van der Waals surface area contributed by atoms with Crippen molar-refractivity contribution in [3.63, 3.8) is 0 Å². The van der Waals surface area contributed by atoms with Crippen LogP contribution in [0.1, 0.15) is 35.1 Å². The van der Waals surface area contributed by atoms with Crippen molar-refractivity contribution >= 4 is 26.6 Å². The number of fused-ring (bicyclic) bond motifs is 1. The molecule has 1 aliphatic rings. The minimum atomic E-state index is -3.67. The topological polar surface area (TPSA) is 106 Å². The van der Waals surface area contributed by atoms with E-state index in [0.717, 1.165) is 37.1 Å². The highest BCUT2D eigenvalue weighted by Gasteiger charge is 2.22. The number of pyridine rings is 1. The standard InChI is InChI=1S/C34H34FN5O3S/c1-22-7-10-24(11-8-22)20-44(41,42)21-29-26-12-9-23(2)32(27(26)13-14-30(29)35)43-33-28(6-4-17-37-33)31-15-18-38-34(40-31)39-25-5-3-16-36-19-25/h4,6-15,17-18,25,36H,3,5,16,19-21H2,1-2H3,(H,38,39,40)/t25-/m0/s1. The maximum Gasteiger partial charge on any atom is 0.228 e. The molecular weight excluding hydrogens is 577 g/mol. The second-order valence-electron chi connectivity index (χ2n) is 11.3.